The van der Waals surface area contributed by atoms with Crippen LogP contribution in [-0.4, -0.2) is 29.1 Å². The Labute approximate surface area is 122 Å². The molecule has 0 saturated heterocycles. The highest BCUT2D eigenvalue weighted by atomic mass is 32.2. The number of aryl methyl sites for hydroxylation is 1. The van der Waals surface area contributed by atoms with Gasteiger partial charge < -0.3 is 0 Å². The van der Waals surface area contributed by atoms with Crippen LogP contribution in [0.1, 0.15) is 34.8 Å². The molecular formula is C13H14N4O3S. The zero-order valence-corrected chi connectivity index (χ0v) is 12.2. The first-order valence-corrected chi connectivity index (χ1v) is 7.98. The fourth-order valence-corrected chi connectivity index (χ4v) is 3.13. The molecule has 2 aromatic rings. The van der Waals surface area contributed by atoms with Gasteiger partial charge in [-0.15, -0.1) is 0 Å². The molecule has 1 aliphatic rings. The second kappa shape index (κ2) is 4.96. The first-order chi connectivity index (χ1) is 9.97. The van der Waals surface area contributed by atoms with Gasteiger partial charge in [0, 0.05) is 12.4 Å². The van der Waals surface area contributed by atoms with E-state index in [0.29, 0.717) is 11.6 Å². The highest BCUT2D eigenvalue weighted by Gasteiger charge is 2.26. The summed E-state index contributed by atoms with van der Waals surface area (Å²) in [4.78, 5) is 15.8. The fraction of sp³-hybridized carbons (Fsp3) is 0.308. The van der Waals surface area contributed by atoms with Crippen LogP contribution in [-0.2, 0) is 10.0 Å². The standard InChI is InChI=1S/C13H14N4O3S/c1-9-3-2-6-14-13(9)21(19,20)16-12(18)10-7-15-17(8-10)11-4-5-11/h2-3,6-8,11H,4-5H2,1H3,(H,16,18). The molecule has 21 heavy (non-hydrogen) atoms. The van der Waals surface area contributed by atoms with Crippen molar-refractivity contribution in [3.05, 3.63) is 41.9 Å². The molecule has 0 radical (unpaired) electrons. The Morgan fingerprint density at radius 3 is 2.86 bits per heavy atom. The summed E-state index contributed by atoms with van der Waals surface area (Å²) in [5, 5.41) is 3.92. The van der Waals surface area contributed by atoms with E-state index in [4.69, 9.17) is 0 Å². The molecule has 2 aromatic heterocycles. The Hall–Kier alpha value is -2.22. The molecule has 1 amide bonds. The Kier molecular flexibility index (Phi) is 3.25. The average Bonchev–Trinajstić information content (AvgIpc) is 3.16. The smallest absolute Gasteiger partial charge is 0.269 e. The number of nitrogens with one attached hydrogen (secondary N) is 1. The van der Waals surface area contributed by atoms with Crippen molar-refractivity contribution in [3.63, 3.8) is 0 Å². The minimum absolute atomic E-state index is 0.145. The number of rotatable bonds is 4. The average molecular weight is 306 g/mol. The Bertz CT molecular complexity index is 793. The molecule has 2 heterocycles. The highest BCUT2D eigenvalue weighted by Crippen LogP contribution is 2.33. The second-order valence-corrected chi connectivity index (χ2v) is 6.60. The number of carbonyl (C=O) groups is 1. The summed E-state index contributed by atoms with van der Waals surface area (Å²) in [7, 11) is -3.98. The van der Waals surface area contributed by atoms with E-state index in [1.54, 1.807) is 29.9 Å². The quantitative estimate of drug-likeness (QED) is 0.911. The number of aromatic nitrogens is 3. The van der Waals surface area contributed by atoms with Gasteiger partial charge in [0.05, 0.1) is 17.8 Å². The Morgan fingerprint density at radius 1 is 1.43 bits per heavy atom. The fourth-order valence-electron chi connectivity index (χ4n) is 1.98. The number of carbonyl (C=O) groups excluding carboxylic acids is 1. The van der Waals surface area contributed by atoms with E-state index < -0.39 is 15.9 Å². The van der Waals surface area contributed by atoms with Gasteiger partial charge in [0.15, 0.2) is 5.03 Å². The zero-order valence-electron chi connectivity index (χ0n) is 11.4. The number of hydrogen-bond donors (Lipinski definition) is 1. The van der Waals surface area contributed by atoms with Gasteiger partial charge in [0.25, 0.3) is 15.9 Å². The van der Waals surface area contributed by atoms with Gasteiger partial charge >= 0.3 is 0 Å². The van der Waals surface area contributed by atoms with E-state index in [1.165, 1.54) is 12.4 Å². The molecule has 0 spiro atoms. The molecule has 0 atom stereocenters. The van der Waals surface area contributed by atoms with Gasteiger partial charge in [-0.05, 0) is 31.4 Å². The molecular weight excluding hydrogens is 292 g/mol. The second-order valence-electron chi connectivity index (χ2n) is 5.00. The van der Waals surface area contributed by atoms with Crippen molar-refractivity contribution in [1.29, 1.82) is 0 Å². The van der Waals surface area contributed by atoms with Crippen molar-refractivity contribution >= 4 is 15.9 Å². The van der Waals surface area contributed by atoms with Gasteiger partial charge in [-0.25, -0.2) is 9.71 Å². The summed E-state index contributed by atoms with van der Waals surface area (Å²) < 4.78 is 28.0. The summed E-state index contributed by atoms with van der Waals surface area (Å²) >= 11 is 0. The lowest BCUT2D eigenvalue weighted by Gasteiger charge is -2.07. The van der Waals surface area contributed by atoms with Gasteiger partial charge in [-0.2, -0.15) is 13.5 Å². The van der Waals surface area contributed by atoms with Crippen LogP contribution in [0.2, 0.25) is 0 Å². The number of amides is 1. The zero-order chi connectivity index (χ0) is 15.0. The van der Waals surface area contributed by atoms with Crippen LogP contribution >= 0.6 is 0 Å². The third-order valence-electron chi connectivity index (χ3n) is 3.23. The number of nitrogens with zero attached hydrogens (tertiary/aromatic N) is 3. The minimum atomic E-state index is -3.98. The largest absolute Gasteiger partial charge is 0.282 e. The molecule has 1 fully saturated rings. The maximum Gasteiger partial charge on any atom is 0.282 e. The normalized spacial score (nSPS) is 14.9. The predicted molar refractivity (Wildman–Crippen MR) is 74.1 cm³/mol. The van der Waals surface area contributed by atoms with Gasteiger partial charge in [-0.3, -0.25) is 9.48 Å². The van der Waals surface area contributed by atoms with Crippen LogP contribution < -0.4 is 4.72 Å². The number of hydrogen-bond acceptors (Lipinski definition) is 5. The lowest BCUT2D eigenvalue weighted by atomic mass is 10.3. The van der Waals surface area contributed by atoms with Gasteiger partial charge in [0.1, 0.15) is 0 Å². The topological polar surface area (TPSA) is 93.9 Å². The Balaban J connectivity index is 1.81. The SMILES string of the molecule is Cc1cccnc1S(=O)(=O)NC(=O)c1cnn(C2CC2)c1. The highest BCUT2D eigenvalue weighted by molar-refractivity contribution is 7.90. The molecule has 1 saturated carbocycles. The van der Waals surface area contributed by atoms with Crippen molar-refractivity contribution in [3.8, 4) is 0 Å². The first kappa shape index (κ1) is 13.7. The van der Waals surface area contributed by atoms with E-state index in [1.807, 2.05) is 4.72 Å². The Morgan fingerprint density at radius 2 is 2.19 bits per heavy atom. The molecule has 1 N–H and O–H groups in total. The van der Waals surface area contributed by atoms with Gasteiger partial charge in [-0.1, -0.05) is 6.07 Å². The first-order valence-electron chi connectivity index (χ1n) is 6.50. The summed E-state index contributed by atoms with van der Waals surface area (Å²) in [6.07, 6.45) is 6.38. The van der Waals surface area contributed by atoms with E-state index >= 15 is 0 Å². The maximum atomic E-state index is 12.2. The molecule has 0 unspecified atom stereocenters. The third kappa shape index (κ3) is 2.80. The van der Waals surface area contributed by atoms with Crippen LogP contribution in [0.4, 0.5) is 0 Å². The van der Waals surface area contributed by atoms with Crippen molar-refractivity contribution in [1.82, 2.24) is 19.5 Å². The summed E-state index contributed by atoms with van der Waals surface area (Å²) in [6.45, 7) is 1.62. The van der Waals surface area contributed by atoms with E-state index in [0.717, 1.165) is 12.8 Å². The lowest BCUT2D eigenvalue weighted by molar-refractivity contribution is 0.0981. The number of sulfonamides is 1. The molecule has 0 aromatic carbocycles. The molecule has 1 aliphatic carbocycles. The molecule has 8 heteroatoms. The van der Waals surface area contributed by atoms with Crippen LogP contribution in [0.15, 0.2) is 35.7 Å². The molecule has 7 nitrogen and oxygen atoms in total. The number of pyridine rings is 1. The van der Waals surface area contributed by atoms with Crippen LogP contribution in [0, 0.1) is 6.92 Å². The maximum absolute atomic E-state index is 12.2. The van der Waals surface area contributed by atoms with E-state index in [2.05, 4.69) is 10.1 Å². The van der Waals surface area contributed by atoms with Crippen molar-refractivity contribution in [2.75, 3.05) is 0 Å². The third-order valence-corrected chi connectivity index (χ3v) is 4.62. The molecule has 110 valence electrons. The summed E-state index contributed by atoms with van der Waals surface area (Å²) in [5.41, 5.74) is 0.700. The van der Waals surface area contributed by atoms with Gasteiger partial charge in [0.2, 0.25) is 0 Å². The molecule has 0 bridgehead atoms. The van der Waals surface area contributed by atoms with E-state index in [9.17, 15) is 13.2 Å². The monoisotopic (exact) mass is 306 g/mol. The summed E-state index contributed by atoms with van der Waals surface area (Å²) in [5.74, 6) is -0.702. The lowest BCUT2D eigenvalue weighted by Crippen LogP contribution is -2.31. The minimum Gasteiger partial charge on any atom is -0.269 e. The van der Waals surface area contributed by atoms with Crippen molar-refractivity contribution in [2.24, 2.45) is 0 Å². The van der Waals surface area contributed by atoms with E-state index in [-0.39, 0.29) is 10.6 Å². The summed E-state index contributed by atoms with van der Waals surface area (Å²) in [6, 6.07) is 3.59. The molecule has 3 rings (SSSR count). The van der Waals surface area contributed by atoms with Crippen LogP contribution in [0.3, 0.4) is 0 Å². The van der Waals surface area contributed by atoms with Crippen LogP contribution in [0.5, 0.6) is 0 Å². The predicted octanol–water partition coefficient (Wildman–Crippen LogP) is 1.04. The van der Waals surface area contributed by atoms with Crippen molar-refractivity contribution < 1.29 is 13.2 Å². The van der Waals surface area contributed by atoms with Crippen LogP contribution in [0.25, 0.3) is 0 Å². The molecule has 0 aliphatic heterocycles. The van der Waals surface area contributed by atoms with Crippen molar-refractivity contribution in [2.45, 2.75) is 30.8 Å².